The van der Waals surface area contributed by atoms with Crippen molar-refractivity contribution < 1.29 is 5.21 Å². The van der Waals surface area contributed by atoms with E-state index in [9.17, 15) is 4.91 Å². The van der Waals surface area contributed by atoms with Gasteiger partial charge in [0.05, 0.1) is 11.8 Å². The SMILES string of the molecule is C=CCN(O)N=O.[AlH3]. The summed E-state index contributed by atoms with van der Waals surface area (Å²) < 4.78 is 0. The van der Waals surface area contributed by atoms with Crippen LogP contribution in [-0.2, 0) is 0 Å². The van der Waals surface area contributed by atoms with Crippen LogP contribution in [-0.4, -0.2) is 34.3 Å². The number of hydrogen-bond donors (Lipinski definition) is 1. The van der Waals surface area contributed by atoms with Crippen LogP contribution in [0.3, 0.4) is 0 Å². The van der Waals surface area contributed by atoms with Gasteiger partial charge in [0.1, 0.15) is 0 Å². The molecule has 8 heavy (non-hydrogen) atoms. The first-order valence-electron chi connectivity index (χ1n) is 1.72. The molecule has 0 saturated heterocycles. The van der Waals surface area contributed by atoms with Crippen LogP contribution >= 0.6 is 0 Å². The number of hydrogen-bond acceptors (Lipinski definition) is 3. The maximum Gasteiger partial charge on any atom is 0.187 e. The summed E-state index contributed by atoms with van der Waals surface area (Å²) in [7, 11) is 0. The molecule has 0 aromatic heterocycles. The molecule has 0 aliphatic carbocycles. The van der Waals surface area contributed by atoms with Gasteiger partial charge < -0.3 is 0 Å². The smallest absolute Gasteiger partial charge is 0.187 e. The molecule has 0 atom stereocenters. The zero-order valence-corrected chi connectivity index (χ0v) is 3.74. The number of rotatable bonds is 3. The van der Waals surface area contributed by atoms with Crippen molar-refractivity contribution in [1.29, 1.82) is 0 Å². The van der Waals surface area contributed by atoms with Crippen LogP contribution < -0.4 is 0 Å². The summed E-state index contributed by atoms with van der Waals surface area (Å²) in [5.74, 6) is 0. The third-order valence-electron chi connectivity index (χ3n) is 0.387. The minimum atomic E-state index is 0. The summed E-state index contributed by atoms with van der Waals surface area (Å²) in [6, 6.07) is 0. The summed E-state index contributed by atoms with van der Waals surface area (Å²) in [6.07, 6.45) is 1.36. The lowest BCUT2D eigenvalue weighted by molar-refractivity contribution is -0.0807. The Hall–Kier alpha value is -0.368. The highest BCUT2D eigenvalue weighted by atomic mass is 27.0. The topological polar surface area (TPSA) is 52.9 Å². The summed E-state index contributed by atoms with van der Waals surface area (Å²) in [6.45, 7) is 3.32. The standard InChI is InChI=1S/C3H6N2O2.Al.3H/c1-2-3-5(7)4-6;;;;/h2,7H,1,3H2;;;;. The van der Waals surface area contributed by atoms with Crippen molar-refractivity contribution in [2.24, 2.45) is 5.29 Å². The van der Waals surface area contributed by atoms with Gasteiger partial charge in [0, 0.05) is 0 Å². The van der Waals surface area contributed by atoms with Gasteiger partial charge in [0.15, 0.2) is 17.4 Å². The minimum Gasteiger partial charge on any atom is -0.269 e. The Balaban J connectivity index is 0. The first kappa shape index (κ1) is 10.6. The van der Waals surface area contributed by atoms with Crippen LogP contribution in [0, 0.1) is 4.91 Å². The first-order valence-corrected chi connectivity index (χ1v) is 1.72. The second kappa shape index (κ2) is 6.63. The van der Waals surface area contributed by atoms with Crippen molar-refractivity contribution in [3.8, 4) is 0 Å². The fraction of sp³-hybridized carbons (Fsp3) is 0.333. The van der Waals surface area contributed by atoms with E-state index in [1.807, 2.05) is 0 Å². The van der Waals surface area contributed by atoms with Gasteiger partial charge in [-0.15, -0.1) is 16.7 Å². The van der Waals surface area contributed by atoms with Crippen LogP contribution in [0.4, 0.5) is 0 Å². The maximum atomic E-state index is 9.27. The van der Waals surface area contributed by atoms with Crippen LogP contribution in [0.2, 0.25) is 0 Å². The minimum absolute atomic E-state index is 0. The Morgan fingerprint density at radius 1 is 1.88 bits per heavy atom. The monoisotopic (exact) mass is 132 g/mol. The zero-order chi connectivity index (χ0) is 5.70. The highest BCUT2D eigenvalue weighted by Crippen LogP contribution is 1.77. The Morgan fingerprint density at radius 2 is 2.38 bits per heavy atom. The largest absolute Gasteiger partial charge is 0.269 e. The normalized spacial score (nSPS) is 6.62. The molecule has 4 nitrogen and oxygen atoms in total. The molecule has 0 aliphatic rings. The van der Waals surface area contributed by atoms with Gasteiger partial charge in [-0.25, -0.2) is 0 Å². The molecular formula is C3H9AlN2O2. The van der Waals surface area contributed by atoms with E-state index in [1.165, 1.54) is 6.08 Å². The predicted octanol–water partition coefficient (Wildman–Crippen LogP) is -0.639. The Bertz CT molecular complexity index is 77.7. The quantitative estimate of drug-likeness (QED) is 0.240. The lowest BCUT2D eigenvalue weighted by atomic mass is 10.7. The fourth-order valence-corrected chi connectivity index (χ4v) is 0.149. The molecule has 0 fully saturated rings. The molecule has 0 aromatic carbocycles. The highest BCUT2D eigenvalue weighted by Gasteiger charge is 1.86. The van der Waals surface area contributed by atoms with E-state index in [-0.39, 0.29) is 29.1 Å². The van der Waals surface area contributed by atoms with E-state index in [4.69, 9.17) is 5.21 Å². The van der Waals surface area contributed by atoms with Gasteiger partial charge in [-0.2, -0.15) is 0 Å². The van der Waals surface area contributed by atoms with Crippen LogP contribution in [0.25, 0.3) is 0 Å². The first-order chi connectivity index (χ1) is 3.31. The number of nitrogens with zero attached hydrogens (tertiary/aromatic N) is 2. The van der Waals surface area contributed by atoms with E-state index in [0.29, 0.717) is 0 Å². The molecule has 0 saturated carbocycles. The summed E-state index contributed by atoms with van der Waals surface area (Å²) >= 11 is 0. The fourth-order valence-electron chi connectivity index (χ4n) is 0.149. The molecule has 0 rings (SSSR count). The Kier molecular flexibility index (Phi) is 8.77. The van der Waals surface area contributed by atoms with Gasteiger partial charge >= 0.3 is 0 Å². The third-order valence-corrected chi connectivity index (χ3v) is 0.387. The Morgan fingerprint density at radius 3 is 2.50 bits per heavy atom. The van der Waals surface area contributed by atoms with Gasteiger partial charge in [-0.05, 0) is 0 Å². The molecular weight excluding hydrogens is 123 g/mol. The van der Waals surface area contributed by atoms with Crippen LogP contribution in [0.15, 0.2) is 17.9 Å². The lowest BCUT2D eigenvalue weighted by Gasteiger charge is -1.97. The summed E-state index contributed by atoms with van der Waals surface area (Å²) in [5, 5.41) is 10.5. The van der Waals surface area contributed by atoms with E-state index in [0.717, 1.165) is 0 Å². The molecule has 0 aliphatic heterocycles. The second-order valence-corrected chi connectivity index (χ2v) is 0.925. The molecule has 0 amide bonds. The van der Waals surface area contributed by atoms with Crippen molar-refractivity contribution in [1.82, 2.24) is 5.17 Å². The van der Waals surface area contributed by atoms with E-state index in [1.54, 1.807) is 0 Å². The maximum absolute atomic E-state index is 9.27. The molecule has 0 bridgehead atoms. The van der Waals surface area contributed by atoms with Crippen molar-refractivity contribution in [3.05, 3.63) is 17.6 Å². The Labute approximate surface area is 57.8 Å². The van der Waals surface area contributed by atoms with Gasteiger partial charge in [-0.3, -0.25) is 5.21 Å². The molecule has 0 unspecified atom stereocenters. The summed E-state index contributed by atoms with van der Waals surface area (Å²) in [4.78, 5) is 9.27. The molecule has 1 N–H and O–H groups in total. The zero-order valence-electron chi connectivity index (χ0n) is 3.74. The number of hydroxylamine groups is 1. The number of nitroso groups, excluding NO2 is 1. The highest BCUT2D eigenvalue weighted by molar-refractivity contribution is 5.75. The van der Waals surface area contributed by atoms with Gasteiger partial charge in [0.2, 0.25) is 0 Å². The lowest BCUT2D eigenvalue weighted by Crippen LogP contribution is -2.09. The second-order valence-electron chi connectivity index (χ2n) is 0.925. The average Bonchev–Trinajstić information content (AvgIpc) is 1.68. The molecule has 0 aromatic rings. The van der Waals surface area contributed by atoms with Crippen LogP contribution in [0.5, 0.6) is 0 Å². The van der Waals surface area contributed by atoms with Crippen molar-refractivity contribution in [2.45, 2.75) is 0 Å². The molecule has 0 heterocycles. The van der Waals surface area contributed by atoms with Gasteiger partial charge in [-0.1, -0.05) is 6.08 Å². The van der Waals surface area contributed by atoms with Gasteiger partial charge in [0.25, 0.3) is 0 Å². The predicted molar refractivity (Wildman–Crippen MR) is 34.4 cm³/mol. The summed E-state index contributed by atoms with van der Waals surface area (Å²) in [5.41, 5.74) is 0. The van der Waals surface area contributed by atoms with E-state index in [2.05, 4.69) is 11.9 Å². The van der Waals surface area contributed by atoms with Crippen LogP contribution in [0.1, 0.15) is 0 Å². The van der Waals surface area contributed by atoms with E-state index < -0.39 is 0 Å². The van der Waals surface area contributed by atoms with Crippen molar-refractivity contribution in [3.63, 3.8) is 0 Å². The van der Waals surface area contributed by atoms with Crippen molar-refractivity contribution >= 4 is 17.4 Å². The van der Waals surface area contributed by atoms with Crippen molar-refractivity contribution in [2.75, 3.05) is 6.54 Å². The molecule has 46 valence electrons. The third kappa shape index (κ3) is 5.63. The average molecular weight is 132 g/mol. The molecule has 0 radical (unpaired) electrons. The van der Waals surface area contributed by atoms with E-state index >= 15 is 0 Å². The molecule has 0 spiro atoms. The molecule has 5 heteroatoms.